The highest BCUT2D eigenvalue weighted by atomic mass is 32.2. The minimum Gasteiger partial charge on any atom is -0.355 e. The average molecular weight is 489 g/mol. The maximum atomic E-state index is 13.6. The lowest BCUT2D eigenvalue weighted by molar-refractivity contribution is -0.136. The van der Waals surface area contributed by atoms with Crippen molar-refractivity contribution in [3.05, 3.63) is 46.8 Å². The Hall–Kier alpha value is -2.49. The van der Waals surface area contributed by atoms with E-state index >= 15 is 0 Å². The fraction of sp³-hybridized carbons (Fsp3) is 0.520. The molecule has 186 valence electrons. The van der Waals surface area contributed by atoms with Gasteiger partial charge in [-0.3, -0.25) is 4.79 Å². The first-order valence-corrected chi connectivity index (χ1v) is 13.2. The van der Waals surface area contributed by atoms with Gasteiger partial charge in [0.1, 0.15) is 5.69 Å². The normalized spacial score (nSPS) is 17.5. The molecular formula is C25H36N4O4S. The Balaban J connectivity index is 1.80. The molecule has 34 heavy (non-hydrogen) atoms. The SMILES string of the molecule is CCN(CCN(C)C)C(=O)[C@@H]1CCCN(S(=O)(=O)c2c(C)noc2/C=C/c2ccc(C)cc2)C1. The highest BCUT2D eigenvalue weighted by Crippen LogP contribution is 2.30. The van der Waals surface area contributed by atoms with E-state index in [1.54, 1.807) is 13.0 Å². The number of piperidine rings is 1. The van der Waals surface area contributed by atoms with Gasteiger partial charge in [0, 0.05) is 32.7 Å². The lowest BCUT2D eigenvalue weighted by atomic mass is 9.98. The minimum atomic E-state index is -3.87. The van der Waals surface area contributed by atoms with Crippen LogP contribution in [-0.4, -0.2) is 80.4 Å². The summed E-state index contributed by atoms with van der Waals surface area (Å²) >= 11 is 0. The molecule has 3 rings (SSSR count). The van der Waals surface area contributed by atoms with Gasteiger partial charge in [-0.2, -0.15) is 4.31 Å². The van der Waals surface area contributed by atoms with Gasteiger partial charge in [0.05, 0.1) is 5.92 Å². The zero-order chi connectivity index (χ0) is 24.9. The Morgan fingerprint density at radius 1 is 1.18 bits per heavy atom. The molecule has 2 heterocycles. The van der Waals surface area contributed by atoms with E-state index < -0.39 is 10.0 Å². The van der Waals surface area contributed by atoms with Crippen molar-refractivity contribution in [2.45, 2.75) is 38.5 Å². The number of carbonyl (C=O) groups excluding carboxylic acids is 1. The standard InChI is InChI=1S/C25H36N4O4S/c1-6-28(17-16-27(4)5)25(30)22-8-7-15-29(18-22)34(31,32)24-20(3)26-33-23(24)14-13-21-11-9-19(2)10-12-21/h9-14,22H,6-8,15-18H2,1-5H3/b14-13+/t22-/m1/s1. The molecule has 2 aromatic rings. The number of benzene rings is 1. The monoisotopic (exact) mass is 488 g/mol. The Labute approximate surface area is 203 Å². The Morgan fingerprint density at radius 3 is 2.53 bits per heavy atom. The number of hydrogen-bond donors (Lipinski definition) is 0. The number of aromatic nitrogens is 1. The van der Waals surface area contributed by atoms with E-state index in [1.807, 2.05) is 68.1 Å². The predicted molar refractivity (Wildman–Crippen MR) is 134 cm³/mol. The number of rotatable bonds is 9. The second kappa shape index (κ2) is 11.3. The number of likely N-dealkylation sites (N-methyl/N-ethyl adjacent to an activating group) is 2. The lowest BCUT2D eigenvalue weighted by Crippen LogP contribution is -2.48. The van der Waals surface area contributed by atoms with Crippen molar-refractivity contribution in [1.29, 1.82) is 0 Å². The number of aryl methyl sites for hydroxylation is 2. The molecule has 1 amide bonds. The van der Waals surface area contributed by atoms with Crippen LogP contribution in [0.15, 0.2) is 33.7 Å². The fourth-order valence-corrected chi connectivity index (χ4v) is 5.92. The van der Waals surface area contributed by atoms with Crippen molar-refractivity contribution >= 4 is 28.1 Å². The quantitative estimate of drug-likeness (QED) is 0.538. The molecular weight excluding hydrogens is 452 g/mol. The van der Waals surface area contributed by atoms with E-state index in [9.17, 15) is 13.2 Å². The number of carbonyl (C=O) groups is 1. The van der Waals surface area contributed by atoms with E-state index in [0.717, 1.165) is 17.7 Å². The molecule has 1 saturated heterocycles. The van der Waals surface area contributed by atoms with Crippen LogP contribution < -0.4 is 0 Å². The minimum absolute atomic E-state index is 0.0192. The van der Waals surface area contributed by atoms with E-state index in [-0.39, 0.29) is 29.0 Å². The molecule has 0 spiro atoms. The van der Waals surface area contributed by atoms with Crippen LogP contribution in [0.5, 0.6) is 0 Å². The van der Waals surface area contributed by atoms with Gasteiger partial charge in [0.2, 0.25) is 15.9 Å². The van der Waals surface area contributed by atoms with Gasteiger partial charge in [0.25, 0.3) is 0 Å². The maximum Gasteiger partial charge on any atom is 0.248 e. The summed E-state index contributed by atoms with van der Waals surface area (Å²) in [5.41, 5.74) is 2.40. The first-order chi connectivity index (χ1) is 16.1. The Bertz CT molecular complexity index is 1110. The zero-order valence-corrected chi connectivity index (χ0v) is 21.6. The third-order valence-electron chi connectivity index (χ3n) is 6.18. The lowest BCUT2D eigenvalue weighted by Gasteiger charge is -2.34. The van der Waals surface area contributed by atoms with E-state index in [1.165, 1.54) is 4.31 Å². The van der Waals surface area contributed by atoms with Crippen molar-refractivity contribution in [3.8, 4) is 0 Å². The third kappa shape index (κ3) is 6.14. The van der Waals surface area contributed by atoms with E-state index in [2.05, 4.69) is 5.16 Å². The van der Waals surface area contributed by atoms with Crippen LogP contribution in [0.25, 0.3) is 12.2 Å². The topological polar surface area (TPSA) is 87.0 Å². The highest BCUT2D eigenvalue weighted by Gasteiger charge is 2.37. The van der Waals surface area contributed by atoms with Crippen LogP contribution in [0.4, 0.5) is 0 Å². The summed E-state index contributed by atoms with van der Waals surface area (Å²) in [4.78, 5) is 17.1. The van der Waals surface area contributed by atoms with Crippen LogP contribution in [0.2, 0.25) is 0 Å². The number of amides is 1. The second-order valence-corrected chi connectivity index (χ2v) is 11.0. The average Bonchev–Trinajstić information content (AvgIpc) is 3.20. The molecule has 0 aliphatic carbocycles. The number of hydrogen-bond acceptors (Lipinski definition) is 6. The summed E-state index contributed by atoms with van der Waals surface area (Å²) < 4.78 is 34.1. The van der Waals surface area contributed by atoms with E-state index in [0.29, 0.717) is 38.2 Å². The maximum absolute atomic E-state index is 13.6. The second-order valence-electron chi connectivity index (χ2n) is 9.13. The van der Waals surface area contributed by atoms with Crippen molar-refractivity contribution in [2.75, 3.05) is 46.8 Å². The van der Waals surface area contributed by atoms with Crippen LogP contribution in [0.1, 0.15) is 42.3 Å². The van der Waals surface area contributed by atoms with Gasteiger partial charge in [-0.05, 0) is 59.3 Å². The van der Waals surface area contributed by atoms with E-state index in [4.69, 9.17) is 4.52 Å². The highest BCUT2D eigenvalue weighted by molar-refractivity contribution is 7.89. The Kier molecular flexibility index (Phi) is 8.67. The van der Waals surface area contributed by atoms with Crippen LogP contribution in [0.3, 0.4) is 0 Å². The molecule has 1 aliphatic rings. The first-order valence-electron chi connectivity index (χ1n) is 11.8. The van der Waals surface area contributed by atoms with Gasteiger partial charge < -0.3 is 14.3 Å². The van der Waals surface area contributed by atoms with Crippen LogP contribution >= 0.6 is 0 Å². The molecule has 1 fully saturated rings. The van der Waals surface area contributed by atoms with Gasteiger partial charge in [-0.25, -0.2) is 8.42 Å². The summed E-state index contributed by atoms with van der Waals surface area (Å²) in [7, 11) is 0.0744. The molecule has 1 aromatic heterocycles. The van der Waals surface area contributed by atoms with Gasteiger partial charge in [-0.15, -0.1) is 0 Å². The number of sulfonamides is 1. The Morgan fingerprint density at radius 2 is 1.88 bits per heavy atom. The molecule has 0 N–H and O–H groups in total. The molecule has 1 aliphatic heterocycles. The molecule has 0 unspecified atom stereocenters. The van der Waals surface area contributed by atoms with Gasteiger partial charge >= 0.3 is 0 Å². The largest absolute Gasteiger partial charge is 0.355 e. The molecule has 0 bridgehead atoms. The summed E-state index contributed by atoms with van der Waals surface area (Å²) in [6.45, 7) is 8.15. The molecule has 8 nitrogen and oxygen atoms in total. The van der Waals surface area contributed by atoms with Crippen molar-refractivity contribution < 1.29 is 17.7 Å². The molecule has 0 radical (unpaired) electrons. The molecule has 9 heteroatoms. The van der Waals surface area contributed by atoms with Crippen LogP contribution in [0, 0.1) is 19.8 Å². The molecule has 0 saturated carbocycles. The molecule has 1 aromatic carbocycles. The zero-order valence-electron chi connectivity index (χ0n) is 20.8. The van der Waals surface area contributed by atoms with Gasteiger partial charge in [-0.1, -0.05) is 41.1 Å². The summed E-state index contributed by atoms with van der Waals surface area (Å²) in [6, 6.07) is 7.90. The predicted octanol–water partition coefficient (Wildman–Crippen LogP) is 3.27. The smallest absolute Gasteiger partial charge is 0.248 e. The number of nitrogens with zero attached hydrogens (tertiary/aromatic N) is 4. The van der Waals surface area contributed by atoms with Crippen LogP contribution in [-0.2, 0) is 14.8 Å². The van der Waals surface area contributed by atoms with Crippen molar-refractivity contribution in [2.24, 2.45) is 5.92 Å². The van der Waals surface area contributed by atoms with Crippen molar-refractivity contribution in [3.63, 3.8) is 0 Å². The van der Waals surface area contributed by atoms with Gasteiger partial charge in [0.15, 0.2) is 10.7 Å². The first kappa shape index (κ1) is 26.1. The summed E-state index contributed by atoms with van der Waals surface area (Å²) in [5.74, 6) is -0.129. The van der Waals surface area contributed by atoms with Crippen molar-refractivity contribution in [1.82, 2.24) is 19.3 Å². The summed E-state index contributed by atoms with van der Waals surface area (Å²) in [5, 5.41) is 3.93. The summed E-state index contributed by atoms with van der Waals surface area (Å²) in [6.07, 6.45) is 4.78. The third-order valence-corrected chi connectivity index (χ3v) is 8.20. The fourth-order valence-electron chi connectivity index (χ4n) is 4.14. The molecule has 1 atom stereocenters.